The molecule has 0 amide bonds. The van der Waals surface area contributed by atoms with E-state index in [2.05, 4.69) is 36.2 Å². The molecule has 0 saturated carbocycles. The van der Waals surface area contributed by atoms with Gasteiger partial charge in [-0.2, -0.15) is 0 Å². The zero-order valence-corrected chi connectivity index (χ0v) is 14.5. The van der Waals surface area contributed by atoms with E-state index in [0.717, 1.165) is 5.56 Å². The number of rotatable bonds is 1. The van der Waals surface area contributed by atoms with Crippen molar-refractivity contribution in [3.05, 3.63) is 35.2 Å². The van der Waals surface area contributed by atoms with Crippen LogP contribution in [0.5, 0.6) is 0 Å². The largest absolute Gasteiger partial charge is 0.421 e. The number of hydrogen-bond donors (Lipinski definition) is 0. The van der Waals surface area contributed by atoms with Crippen molar-refractivity contribution in [2.45, 2.75) is 62.3 Å². The third kappa shape index (κ3) is 6.50. The fourth-order valence-electron chi connectivity index (χ4n) is 1.29. The van der Waals surface area contributed by atoms with E-state index < -0.39 is 0 Å². The van der Waals surface area contributed by atoms with E-state index in [1.54, 1.807) is 6.92 Å². The van der Waals surface area contributed by atoms with Gasteiger partial charge >= 0.3 is 0 Å². The molecule has 1 aromatic heterocycles. The maximum atomic E-state index is 5.34. The summed E-state index contributed by atoms with van der Waals surface area (Å²) in [6.07, 6.45) is 0. The number of hydrogen-bond acceptors (Lipinski definition) is 3. The van der Waals surface area contributed by atoms with E-state index >= 15 is 0 Å². The molecule has 0 aliphatic carbocycles. The van der Waals surface area contributed by atoms with Crippen molar-refractivity contribution in [3.8, 4) is 11.5 Å². The Balaban J connectivity index is 0. The molecule has 0 bridgehead atoms. The van der Waals surface area contributed by atoms with Gasteiger partial charge in [-0.1, -0.05) is 47.6 Å². The highest BCUT2D eigenvalue weighted by Crippen LogP contribution is 2.20. The molecule has 0 radical (unpaired) electrons. The molecule has 20 heavy (non-hydrogen) atoms. The Kier molecular flexibility index (Phi) is 12.8. The first kappa shape index (κ1) is 20.7. The van der Waals surface area contributed by atoms with Gasteiger partial charge in [0.1, 0.15) is 0 Å². The van der Waals surface area contributed by atoms with Gasteiger partial charge < -0.3 is 4.42 Å². The van der Waals surface area contributed by atoms with Crippen LogP contribution in [0.25, 0.3) is 11.5 Å². The van der Waals surface area contributed by atoms with Crippen molar-refractivity contribution < 1.29 is 4.42 Å². The van der Waals surface area contributed by atoms with E-state index in [4.69, 9.17) is 4.42 Å². The van der Waals surface area contributed by atoms with Crippen LogP contribution in [0.3, 0.4) is 0 Å². The third-order valence-corrected chi connectivity index (χ3v) is 2.28. The molecule has 0 unspecified atom stereocenters. The van der Waals surface area contributed by atoms with Gasteiger partial charge in [0.05, 0.1) is 0 Å². The number of benzene rings is 1. The highest BCUT2D eigenvalue weighted by Gasteiger charge is 2.05. The monoisotopic (exact) mass is 278 g/mol. The van der Waals surface area contributed by atoms with Crippen LogP contribution in [0.15, 0.2) is 22.6 Å². The van der Waals surface area contributed by atoms with Crippen LogP contribution < -0.4 is 0 Å². The number of aryl methyl sites for hydroxylation is 3. The molecule has 3 heteroatoms. The van der Waals surface area contributed by atoms with Crippen LogP contribution in [-0.2, 0) is 0 Å². The van der Waals surface area contributed by atoms with Crippen molar-refractivity contribution in [1.29, 1.82) is 0 Å². The minimum Gasteiger partial charge on any atom is -0.421 e. The van der Waals surface area contributed by atoms with Crippen LogP contribution >= 0.6 is 0 Å². The van der Waals surface area contributed by atoms with Gasteiger partial charge in [-0.3, -0.25) is 0 Å². The number of nitrogens with zero attached hydrogens (tertiary/aromatic N) is 2. The summed E-state index contributed by atoms with van der Waals surface area (Å²) in [5, 5.41) is 7.77. The van der Waals surface area contributed by atoms with Gasteiger partial charge in [0.2, 0.25) is 11.8 Å². The standard InChI is InChI=1S/C11H12N2O.3C2H6/c1-7-4-5-10(6-8(7)2)11-13-12-9(3)14-11;3*1-2/h4-6H,1-3H3;3*1-2H3. The maximum Gasteiger partial charge on any atom is 0.247 e. The Morgan fingerprint density at radius 2 is 1.30 bits per heavy atom. The minimum atomic E-state index is 0.589. The molecule has 0 spiro atoms. The average molecular weight is 278 g/mol. The summed E-state index contributed by atoms with van der Waals surface area (Å²) in [5.74, 6) is 1.18. The van der Waals surface area contributed by atoms with Gasteiger partial charge in [0.15, 0.2) is 0 Å². The summed E-state index contributed by atoms with van der Waals surface area (Å²) in [7, 11) is 0. The van der Waals surface area contributed by atoms with Crippen molar-refractivity contribution in [2.24, 2.45) is 0 Å². The van der Waals surface area contributed by atoms with E-state index in [9.17, 15) is 0 Å². The van der Waals surface area contributed by atoms with Crippen LogP contribution in [0.1, 0.15) is 58.6 Å². The van der Waals surface area contributed by atoms with E-state index in [-0.39, 0.29) is 0 Å². The fourth-order valence-corrected chi connectivity index (χ4v) is 1.29. The zero-order valence-electron chi connectivity index (χ0n) is 14.5. The van der Waals surface area contributed by atoms with Crippen LogP contribution in [-0.4, -0.2) is 10.2 Å². The van der Waals surface area contributed by atoms with Crippen molar-refractivity contribution in [2.75, 3.05) is 0 Å². The van der Waals surface area contributed by atoms with Gasteiger partial charge in [-0.25, -0.2) is 0 Å². The Hall–Kier alpha value is -1.64. The third-order valence-electron chi connectivity index (χ3n) is 2.28. The zero-order chi connectivity index (χ0) is 16.1. The van der Waals surface area contributed by atoms with Gasteiger partial charge in [0, 0.05) is 12.5 Å². The Bertz CT molecular complexity index is 462. The average Bonchev–Trinajstić information content (AvgIpc) is 2.95. The highest BCUT2D eigenvalue weighted by molar-refractivity contribution is 5.55. The quantitative estimate of drug-likeness (QED) is 0.667. The Morgan fingerprint density at radius 3 is 1.70 bits per heavy atom. The van der Waals surface area contributed by atoms with Gasteiger partial charge in [-0.05, 0) is 37.1 Å². The first-order chi connectivity index (χ1) is 9.66. The van der Waals surface area contributed by atoms with Crippen molar-refractivity contribution in [3.63, 3.8) is 0 Å². The molecule has 1 heterocycles. The molecule has 0 saturated heterocycles. The summed E-state index contributed by atoms with van der Waals surface area (Å²) >= 11 is 0. The molecule has 0 atom stereocenters. The minimum absolute atomic E-state index is 0.589. The van der Waals surface area contributed by atoms with E-state index in [1.807, 2.05) is 47.6 Å². The van der Waals surface area contributed by atoms with Crippen LogP contribution in [0, 0.1) is 20.8 Å². The van der Waals surface area contributed by atoms with Crippen molar-refractivity contribution >= 4 is 0 Å². The lowest BCUT2D eigenvalue weighted by molar-refractivity contribution is 0.532. The lowest BCUT2D eigenvalue weighted by Crippen LogP contribution is -1.83. The second kappa shape index (κ2) is 12.4. The fraction of sp³-hybridized carbons (Fsp3) is 0.529. The first-order valence-electron chi connectivity index (χ1n) is 7.54. The second-order valence-corrected chi connectivity index (χ2v) is 3.43. The van der Waals surface area contributed by atoms with Gasteiger partial charge in [0.25, 0.3) is 0 Å². The van der Waals surface area contributed by atoms with Crippen molar-refractivity contribution in [1.82, 2.24) is 10.2 Å². The Labute approximate surface area is 124 Å². The molecule has 0 aliphatic rings. The molecule has 0 fully saturated rings. The summed E-state index contributed by atoms with van der Waals surface area (Å²) in [6, 6.07) is 6.11. The number of aromatic nitrogens is 2. The normalized spacial score (nSPS) is 8.25. The smallest absolute Gasteiger partial charge is 0.247 e. The highest BCUT2D eigenvalue weighted by atomic mass is 16.4. The second-order valence-electron chi connectivity index (χ2n) is 3.43. The first-order valence-corrected chi connectivity index (χ1v) is 7.54. The molecule has 0 N–H and O–H groups in total. The SMILES string of the molecule is CC.CC.CC.Cc1nnc(-c2ccc(C)c(C)c2)o1. The molecule has 0 aliphatic heterocycles. The molecule has 2 rings (SSSR count). The summed E-state index contributed by atoms with van der Waals surface area (Å²) in [6.45, 7) is 17.9. The Morgan fingerprint density at radius 1 is 0.750 bits per heavy atom. The predicted molar refractivity (Wildman–Crippen MR) is 88.0 cm³/mol. The molecule has 3 nitrogen and oxygen atoms in total. The molecule has 114 valence electrons. The summed E-state index contributed by atoms with van der Waals surface area (Å²) < 4.78 is 5.34. The maximum absolute atomic E-state index is 5.34. The van der Waals surface area contributed by atoms with E-state index in [1.165, 1.54) is 11.1 Å². The topological polar surface area (TPSA) is 38.9 Å². The lowest BCUT2D eigenvalue weighted by atomic mass is 10.1. The molecular formula is C17H30N2O. The van der Waals surface area contributed by atoms with E-state index in [0.29, 0.717) is 11.8 Å². The van der Waals surface area contributed by atoms with Crippen LogP contribution in [0.4, 0.5) is 0 Å². The van der Waals surface area contributed by atoms with Gasteiger partial charge in [-0.15, -0.1) is 10.2 Å². The molecule has 1 aromatic carbocycles. The lowest BCUT2D eigenvalue weighted by Gasteiger charge is -2.00. The summed E-state index contributed by atoms with van der Waals surface area (Å²) in [5.41, 5.74) is 3.48. The predicted octanol–water partition coefficient (Wildman–Crippen LogP) is 5.74. The van der Waals surface area contributed by atoms with Crippen LogP contribution in [0.2, 0.25) is 0 Å². The summed E-state index contributed by atoms with van der Waals surface area (Å²) in [4.78, 5) is 0. The molecular weight excluding hydrogens is 248 g/mol. The molecule has 2 aromatic rings.